The van der Waals surface area contributed by atoms with Crippen molar-refractivity contribution in [3.8, 4) is 0 Å². The van der Waals surface area contributed by atoms with Crippen LogP contribution in [0.3, 0.4) is 0 Å². The van der Waals surface area contributed by atoms with Crippen molar-refractivity contribution < 1.29 is 14.3 Å². The summed E-state index contributed by atoms with van der Waals surface area (Å²) in [5, 5.41) is 9.33. The summed E-state index contributed by atoms with van der Waals surface area (Å²) in [5.74, 6) is -0.435. The number of hydrogen-bond donors (Lipinski definition) is 2. The lowest BCUT2D eigenvalue weighted by Gasteiger charge is -2.12. The molecule has 0 saturated heterocycles. The first kappa shape index (κ1) is 15.2. The van der Waals surface area contributed by atoms with Crippen molar-refractivity contribution in [2.24, 2.45) is 5.92 Å². The molecule has 0 atom stereocenters. The molecule has 0 aliphatic rings. The average molecular weight is 267 g/mol. The molecule has 106 valence electrons. The van der Waals surface area contributed by atoms with Crippen LogP contribution in [0.15, 0.2) is 0 Å². The van der Waals surface area contributed by atoms with Crippen LogP contribution in [0.4, 0.5) is 5.82 Å². The minimum Gasteiger partial charge on any atom is -0.462 e. The normalized spacial score (nSPS) is 10.6. The molecule has 0 saturated carbocycles. The molecule has 6 nitrogen and oxygen atoms in total. The van der Waals surface area contributed by atoms with Gasteiger partial charge in [0.25, 0.3) is 0 Å². The second kappa shape index (κ2) is 6.92. The van der Waals surface area contributed by atoms with Gasteiger partial charge in [0.1, 0.15) is 5.56 Å². The SMILES string of the molecule is CCOC(=O)c1c(NC(=O)C(CC)CC)n[nH]c1C. The highest BCUT2D eigenvalue weighted by Crippen LogP contribution is 2.19. The molecule has 1 amide bonds. The van der Waals surface area contributed by atoms with E-state index >= 15 is 0 Å². The van der Waals surface area contributed by atoms with Gasteiger partial charge in [0.05, 0.1) is 6.61 Å². The van der Waals surface area contributed by atoms with Crippen molar-refractivity contribution in [2.45, 2.75) is 40.5 Å². The molecule has 1 aromatic rings. The van der Waals surface area contributed by atoms with Gasteiger partial charge in [-0.05, 0) is 26.7 Å². The number of nitrogens with one attached hydrogen (secondary N) is 2. The van der Waals surface area contributed by atoms with Crippen molar-refractivity contribution in [1.29, 1.82) is 0 Å². The maximum Gasteiger partial charge on any atom is 0.343 e. The summed E-state index contributed by atoms with van der Waals surface area (Å²) in [6.45, 7) is 7.64. The quantitative estimate of drug-likeness (QED) is 0.774. The molecular formula is C13H21N3O3. The highest BCUT2D eigenvalue weighted by atomic mass is 16.5. The summed E-state index contributed by atoms with van der Waals surface area (Å²) in [5.41, 5.74) is 0.874. The van der Waals surface area contributed by atoms with Crippen LogP contribution in [0.2, 0.25) is 0 Å². The zero-order valence-corrected chi connectivity index (χ0v) is 11.9. The van der Waals surface area contributed by atoms with Crippen molar-refractivity contribution in [2.75, 3.05) is 11.9 Å². The topological polar surface area (TPSA) is 84.1 Å². The summed E-state index contributed by atoms with van der Waals surface area (Å²) >= 11 is 0. The Balaban J connectivity index is 2.90. The fourth-order valence-electron chi connectivity index (χ4n) is 1.85. The van der Waals surface area contributed by atoms with Crippen molar-refractivity contribution >= 4 is 17.7 Å². The third-order valence-corrected chi connectivity index (χ3v) is 3.02. The molecule has 1 rings (SSSR count). The maximum atomic E-state index is 12.0. The first-order chi connectivity index (χ1) is 9.04. The van der Waals surface area contributed by atoms with E-state index in [0.29, 0.717) is 11.3 Å². The number of carbonyl (C=O) groups is 2. The Hall–Kier alpha value is -1.85. The lowest BCUT2D eigenvalue weighted by atomic mass is 10.0. The molecule has 19 heavy (non-hydrogen) atoms. The second-order valence-electron chi connectivity index (χ2n) is 4.30. The maximum absolute atomic E-state index is 12.0. The van der Waals surface area contributed by atoms with E-state index in [9.17, 15) is 9.59 Å². The predicted octanol–water partition coefficient (Wildman–Crippen LogP) is 2.27. The van der Waals surface area contributed by atoms with Crippen LogP contribution in [0.1, 0.15) is 49.7 Å². The molecule has 0 spiro atoms. The average Bonchev–Trinajstić information content (AvgIpc) is 2.72. The largest absolute Gasteiger partial charge is 0.462 e. The molecule has 0 bridgehead atoms. The summed E-state index contributed by atoms with van der Waals surface area (Å²) in [6.07, 6.45) is 1.50. The first-order valence-electron chi connectivity index (χ1n) is 6.57. The molecule has 6 heteroatoms. The van der Waals surface area contributed by atoms with Crippen LogP contribution in [0.25, 0.3) is 0 Å². The number of H-pyrrole nitrogens is 1. The molecule has 0 radical (unpaired) electrons. The molecule has 0 aromatic carbocycles. The Labute approximate surface area is 112 Å². The Morgan fingerprint density at radius 2 is 1.95 bits per heavy atom. The zero-order chi connectivity index (χ0) is 14.4. The number of ether oxygens (including phenoxy) is 1. The fourth-order valence-corrected chi connectivity index (χ4v) is 1.85. The molecule has 0 fully saturated rings. The van der Waals surface area contributed by atoms with Gasteiger partial charge in [-0.2, -0.15) is 5.10 Å². The number of rotatable bonds is 6. The second-order valence-corrected chi connectivity index (χ2v) is 4.30. The number of aryl methyl sites for hydroxylation is 1. The van der Waals surface area contributed by atoms with Gasteiger partial charge < -0.3 is 10.1 Å². The molecule has 0 unspecified atom stereocenters. The van der Waals surface area contributed by atoms with Crippen LogP contribution < -0.4 is 5.32 Å². The number of aromatic amines is 1. The summed E-state index contributed by atoms with van der Waals surface area (Å²) < 4.78 is 4.95. The van der Waals surface area contributed by atoms with Gasteiger partial charge in [0.15, 0.2) is 5.82 Å². The molecular weight excluding hydrogens is 246 g/mol. The van der Waals surface area contributed by atoms with Gasteiger partial charge in [0.2, 0.25) is 5.91 Å². The number of amides is 1. The Kier molecular flexibility index (Phi) is 5.54. The summed E-state index contributed by atoms with van der Waals surface area (Å²) in [6, 6.07) is 0. The van der Waals surface area contributed by atoms with Crippen LogP contribution in [0, 0.1) is 12.8 Å². The van der Waals surface area contributed by atoms with E-state index in [1.54, 1.807) is 13.8 Å². The van der Waals surface area contributed by atoms with Crippen molar-refractivity contribution in [3.63, 3.8) is 0 Å². The Morgan fingerprint density at radius 3 is 2.47 bits per heavy atom. The molecule has 0 aliphatic heterocycles. The number of anilines is 1. The van der Waals surface area contributed by atoms with Crippen molar-refractivity contribution in [1.82, 2.24) is 10.2 Å². The number of nitrogens with zero attached hydrogens (tertiary/aromatic N) is 1. The van der Waals surface area contributed by atoms with E-state index in [-0.39, 0.29) is 24.2 Å². The molecule has 0 aliphatic carbocycles. The lowest BCUT2D eigenvalue weighted by molar-refractivity contribution is -0.120. The third kappa shape index (κ3) is 3.56. The van der Waals surface area contributed by atoms with Gasteiger partial charge in [-0.25, -0.2) is 4.79 Å². The zero-order valence-electron chi connectivity index (χ0n) is 11.9. The van der Waals surface area contributed by atoms with E-state index in [2.05, 4.69) is 15.5 Å². The van der Waals surface area contributed by atoms with Crippen LogP contribution in [-0.2, 0) is 9.53 Å². The monoisotopic (exact) mass is 267 g/mol. The van der Waals surface area contributed by atoms with Gasteiger partial charge in [-0.3, -0.25) is 9.89 Å². The minimum absolute atomic E-state index is 0.0768. The Bertz CT molecular complexity index is 450. The highest BCUT2D eigenvalue weighted by Gasteiger charge is 2.23. The number of aromatic nitrogens is 2. The smallest absolute Gasteiger partial charge is 0.343 e. The number of esters is 1. The van der Waals surface area contributed by atoms with E-state index in [1.807, 2.05) is 13.8 Å². The number of hydrogen-bond acceptors (Lipinski definition) is 4. The van der Waals surface area contributed by atoms with E-state index in [0.717, 1.165) is 12.8 Å². The van der Waals surface area contributed by atoms with Crippen LogP contribution in [-0.4, -0.2) is 28.7 Å². The van der Waals surface area contributed by atoms with Gasteiger partial charge >= 0.3 is 5.97 Å². The van der Waals surface area contributed by atoms with E-state index in [1.165, 1.54) is 0 Å². The van der Waals surface area contributed by atoms with Crippen molar-refractivity contribution in [3.05, 3.63) is 11.3 Å². The molecule has 1 aromatic heterocycles. The Morgan fingerprint density at radius 1 is 1.32 bits per heavy atom. The van der Waals surface area contributed by atoms with E-state index < -0.39 is 5.97 Å². The fraction of sp³-hybridized carbons (Fsp3) is 0.615. The van der Waals surface area contributed by atoms with Crippen LogP contribution >= 0.6 is 0 Å². The predicted molar refractivity (Wildman–Crippen MR) is 72.0 cm³/mol. The summed E-state index contributed by atoms with van der Waals surface area (Å²) in [7, 11) is 0. The molecule has 2 N–H and O–H groups in total. The van der Waals surface area contributed by atoms with Gasteiger partial charge in [-0.15, -0.1) is 0 Å². The summed E-state index contributed by atoms with van der Waals surface area (Å²) in [4.78, 5) is 23.8. The third-order valence-electron chi connectivity index (χ3n) is 3.02. The highest BCUT2D eigenvalue weighted by molar-refractivity contribution is 6.01. The van der Waals surface area contributed by atoms with E-state index in [4.69, 9.17) is 4.74 Å². The standard InChI is InChI=1S/C13H21N3O3/c1-5-9(6-2)12(17)14-11-10(8(4)15-16-11)13(18)19-7-3/h9H,5-7H2,1-4H3,(H2,14,15,16,17). The van der Waals surface area contributed by atoms with Gasteiger partial charge in [0, 0.05) is 11.6 Å². The lowest BCUT2D eigenvalue weighted by Crippen LogP contribution is -2.23. The van der Waals surface area contributed by atoms with Gasteiger partial charge in [-0.1, -0.05) is 13.8 Å². The number of carbonyl (C=O) groups excluding carboxylic acids is 2. The minimum atomic E-state index is -0.478. The molecule has 1 heterocycles. The van der Waals surface area contributed by atoms with Crippen LogP contribution in [0.5, 0.6) is 0 Å². The first-order valence-corrected chi connectivity index (χ1v) is 6.57.